The Balaban J connectivity index is 2.34. The normalized spacial score (nSPS) is 9.94. The molecule has 0 bridgehead atoms. The SMILES string of the molecule is CSc1ccccc1Oc1ncccc1C=O. The van der Waals surface area contributed by atoms with Crippen molar-refractivity contribution in [2.45, 2.75) is 4.90 Å². The van der Waals surface area contributed by atoms with Crippen LogP contribution >= 0.6 is 11.8 Å². The van der Waals surface area contributed by atoms with E-state index in [2.05, 4.69) is 4.98 Å². The van der Waals surface area contributed by atoms with Crippen LogP contribution in [-0.4, -0.2) is 17.5 Å². The highest BCUT2D eigenvalue weighted by Crippen LogP contribution is 2.31. The average Bonchev–Trinajstić information content (AvgIpc) is 2.40. The maximum Gasteiger partial charge on any atom is 0.229 e. The fourth-order valence-corrected chi connectivity index (χ4v) is 1.91. The molecule has 2 rings (SSSR count). The maximum atomic E-state index is 10.8. The highest BCUT2D eigenvalue weighted by atomic mass is 32.2. The van der Waals surface area contributed by atoms with Crippen molar-refractivity contribution in [3.63, 3.8) is 0 Å². The molecule has 1 aromatic carbocycles. The molecule has 0 unspecified atom stereocenters. The largest absolute Gasteiger partial charge is 0.437 e. The lowest BCUT2D eigenvalue weighted by atomic mass is 10.3. The van der Waals surface area contributed by atoms with Crippen LogP contribution in [0, 0.1) is 0 Å². The summed E-state index contributed by atoms with van der Waals surface area (Å²) in [6.07, 6.45) is 4.31. The standard InChI is InChI=1S/C13H11NO2S/c1-17-12-7-3-2-6-11(12)16-13-10(9-15)5-4-8-14-13/h2-9H,1H3. The first-order valence-electron chi connectivity index (χ1n) is 5.06. The lowest BCUT2D eigenvalue weighted by Crippen LogP contribution is -1.94. The predicted octanol–water partition coefficient (Wildman–Crippen LogP) is 3.41. The third-order valence-corrected chi connectivity index (χ3v) is 2.98. The number of carbonyl (C=O) groups excluding carboxylic acids is 1. The van der Waals surface area contributed by atoms with Crippen molar-refractivity contribution in [1.82, 2.24) is 4.98 Å². The number of rotatable bonds is 4. The van der Waals surface area contributed by atoms with E-state index < -0.39 is 0 Å². The van der Waals surface area contributed by atoms with E-state index in [1.165, 1.54) is 0 Å². The van der Waals surface area contributed by atoms with Crippen molar-refractivity contribution in [3.05, 3.63) is 48.2 Å². The summed E-state index contributed by atoms with van der Waals surface area (Å²) in [4.78, 5) is 15.9. The molecule has 0 spiro atoms. The molecule has 0 N–H and O–H groups in total. The molecule has 1 heterocycles. The number of aromatic nitrogens is 1. The number of aldehydes is 1. The van der Waals surface area contributed by atoms with Crippen LogP contribution in [0.2, 0.25) is 0 Å². The number of nitrogens with zero attached hydrogens (tertiary/aromatic N) is 1. The Hall–Kier alpha value is -1.81. The molecule has 0 radical (unpaired) electrons. The van der Waals surface area contributed by atoms with E-state index in [9.17, 15) is 4.79 Å². The van der Waals surface area contributed by atoms with Gasteiger partial charge in [0.05, 0.1) is 5.56 Å². The lowest BCUT2D eigenvalue weighted by molar-refractivity contribution is 0.112. The number of para-hydroxylation sites is 1. The molecule has 0 atom stereocenters. The average molecular weight is 245 g/mol. The van der Waals surface area contributed by atoms with Gasteiger partial charge >= 0.3 is 0 Å². The summed E-state index contributed by atoms with van der Waals surface area (Å²) in [6.45, 7) is 0. The summed E-state index contributed by atoms with van der Waals surface area (Å²) in [5.74, 6) is 1.05. The minimum atomic E-state index is 0.337. The van der Waals surface area contributed by atoms with Gasteiger partial charge in [-0.15, -0.1) is 11.8 Å². The Morgan fingerprint density at radius 1 is 1.24 bits per heavy atom. The number of carbonyl (C=O) groups is 1. The smallest absolute Gasteiger partial charge is 0.229 e. The first-order chi connectivity index (χ1) is 8.35. The third kappa shape index (κ3) is 2.65. The molecule has 17 heavy (non-hydrogen) atoms. The van der Waals surface area contributed by atoms with Crippen LogP contribution < -0.4 is 4.74 Å². The molecule has 0 saturated heterocycles. The first-order valence-corrected chi connectivity index (χ1v) is 6.28. The summed E-state index contributed by atoms with van der Waals surface area (Å²) in [5.41, 5.74) is 0.448. The monoisotopic (exact) mass is 245 g/mol. The second-order valence-electron chi connectivity index (χ2n) is 3.27. The van der Waals surface area contributed by atoms with Crippen LogP contribution in [0.1, 0.15) is 10.4 Å². The van der Waals surface area contributed by atoms with Crippen LogP contribution in [-0.2, 0) is 0 Å². The Morgan fingerprint density at radius 3 is 2.82 bits per heavy atom. The molecular formula is C13H11NO2S. The first kappa shape index (κ1) is 11.7. The van der Waals surface area contributed by atoms with Gasteiger partial charge in [0, 0.05) is 11.1 Å². The molecule has 0 fully saturated rings. The van der Waals surface area contributed by atoms with Crippen molar-refractivity contribution >= 4 is 18.0 Å². The van der Waals surface area contributed by atoms with Gasteiger partial charge in [0.2, 0.25) is 5.88 Å². The highest BCUT2D eigenvalue weighted by Gasteiger charge is 2.07. The second kappa shape index (κ2) is 5.50. The van der Waals surface area contributed by atoms with Crippen LogP contribution in [0.3, 0.4) is 0 Å². The van der Waals surface area contributed by atoms with Gasteiger partial charge in [0.15, 0.2) is 6.29 Å². The van der Waals surface area contributed by atoms with Crippen molar-refractivity contribution in [2.75, 3.05) is 6.26 Å². The zero-order valence-electron chi connectivity index (χ0n) is 9.29. The number of pyridine rings is 1. The zero-order valence-corrected chi connectivity index (χ0v) is 10.1. The Labute approximate surface area is 104 Å². The van der Waals surface area contributed by atoms with Gasteiger partial charge in [-0.1, -0.05) is 12.1 Å². The number of ether oxygens (including phenoxy) is 1. The van der Waals surface area contributed by atoms with Gasteiger partial charge in [0.1, 0.15) is 5.75 Å². The fraction of sp³-hybridized carbons (Fsp3) is 0.0769. The minimum absolute atomic E-state index is 0.337. The van der Waals surface area contributed by atoms with Crippen molar-refractivity contribution in [1.29, 1.82) is 0 Å². The van der Waals surface area contributed by atoms with E-state index in [1.807, 2.05) is 30.5 Å². The molecule has 0 amide bonds. The van der Waals surface area contributed by atoms with E-state index in [0.29, 0.717) is 17.2 Å². The molecule has 0 aliphatic heterocycles. The molecule has 1 aromatic heterocycles. The summed E-state index contributed by atoms with van der Waals surface area (Å²) >= 11 is 1.59. The van der Waals surface area contributed by atoms with E-state index >= 15 is 0 Å². The number of benzene rings is 1. The fourth-order valence-electron chi connectivity index (χ4n) is 1.39. The van der Waals surface area contributed by atoms with Gasteiger partial charge in [-0.05, 0) is 30.5 Å². The number of thioether (sulfide) groups is 1. The summed E-state index contributed by atoms with van der Waals surface area (Å²) < 4.78 is 5.66. The van der Waals surface area contributed by atoms with E-state index in [0.717, 1.165) is 11.2 Å². The summed E-state index contributed by atoms with van der Waals surface area (Å²) in [7, 11) is 0. The quantitative estimate of drug-likeness (QED) is 0.611. The Kier molecular flexibility index (Phi) is 3.77. The van der Waals surface area contributed by atoms with E-state index in [-0.39, 0.29) is 0 Å². The number of hydrogen-bond acceptors (Lipinski definition) is 4. The van der Waals surface area contributed by atoms with Crippen LogP contribution in [0.15, 0.2) is 47.5 Å². The van der Waals surface area contributed by atoms with Gasteiger partial charge in [-0.3, -0.25) is 4.79 Å². The topological polar surface area (TPSA) is 39.2 Å². The lowest BCUT2D eigenvalue weighted by Gasteiger charge is -2.09. The third-order valence-electron chi connectivity index (χ3n) is 2.20. The maximum absolute atomic E-state index is 10.8. The van der Waals surface area contributed by atoms with Crippen molar-refractivity contribution in [3.8, 4) is 11.6 Å². The molecule has 0 aliphatic rings. The van der Waals surface area contributed by atoms with Crippen molar-refractivity contribution < 1.29 is 9.53 Å². The number of hydrogen-bond donors (Lipinski definition) is 0. The van der Waals surface area contributed by atoms with Gasteiger partial charge in [-0.2, -0.15) is 0 Å². The van der Waals surface area contributed by atoms with E-state index in [1.54, 1.807) is 30.1 Å². The zero-order chi connectivity index (χ0) is 12.1. The molecule has 2 aromatic rings. The van der Waals surface area contributed by atoms with Crippen LogP contribution in [0.25, 0.3) is 0 Å². The molecule has 3 nitrogen and oxygen atoms in total. The summed E-state index contributed by atoms with van der Waals surface area (Å²) in [5, 5.41) is 0. The molecule has 0 saturated carbocycles. The van der Waals surface area contributed by atoms with Crippen molar-refractivity contribution in [2.24, 2.45) is 0 Å². The predicted molar refractivity (Wildman–Crippen MR) is 67.9 cm³/mol. The van der Waals surface area contributed by atoms with Crippen LogP contribution in [0.5, 0.6) is 11.6 Å². The van der Waals surface area contributed by atoms with Gasteiger partial charge < -0.3 is 4.74 Å². The molecular weight excluding hydrogens is 234 g/mol. The molecule has 0 aliphatic carbocycles. The molecule has 4 heteroatoms. The van der Waals surface area contributed by atoms with Gasteiger partial charge in [-0.25, -0.2) is 4.98 Å². The highest BCUT2D eigenvalue weighted by molar-refractivity contribution is 7.98. The van der Waals surface area contributed by atoms with Gasteiger partial charge in [0.25, 0.3) is 0 Å². The summed E-state index contributed by atoms with van der Waals surface area (Å²) in [6, 6.07) is 11.0. The Morgan fingerprint density at radius 2 is 2.06 bits per heavy atom. The molecule has 86 valence electrons. The van der Waals surface area contributed by atoms with E-state index in [4.69, 9.17) is 4.74 Å². The Bertz CT molecular complexity index is 528. The van der Waals surface area contributed by atoms with Crippen LogP contribution in [0.4, 0.5) is 0 Å². The minimum Gasteiger partial charge on any atom is -0.437 e. The second-order valence-corrected chi connectivity index (χ2v) is 4.12.